The summed E-state index contributed by atoms with van der Waals surface area (Å²) >= 11 is 0. The maximum Gasteiger partial charge on any atom is 0.498 e. The normalized spacial score (nSPS) is 17.3. The summed E-state index contributed by atoms with van der Waals surface area (Å²) in [6.45, 7) is 12.7. The zero-order valence-electron chi connectivity index (χ0n) is 17.8. The summed E-state index contributed by atoms with van der Waals surface area (Å²) in [5, 5.41) is 0. The van der Waals surface area contributed by atoms with Crippen molar-refractivity contribution in [2.75, 3.05) is 20.2 Å². The molecule has 0 unspecified atom stereocenters. The number of methoxy groups -OCH3 is 1. The van der Waals surface area contributed by atoms with Crippen molar-refractivity contribution in [2.45, 2.75) is 59.2 Å². The zero-order valence-corrected chi connectivity index (χ0v) is 17.8. The van der Waals surface area contributed by atoms with Gasteiger partial charge in [-0.3, -0.25) is 4.79 Å². The minimum Gasteiger partial charge on any atom is -0.469 e. The molecule has 1 saturated heterocycles. The van der Waals surface area contributed by atoms with Gasteiger partial charge < -0.3 is 23.7 Å². The van der Waals surface area contributed by atoms with Gasteiger partial charge in [0.1, 0.15) is 5.75 Å². The predicted molar refractivity (Wildman–Crippen MR) is 107 cm³/mol. The fourth-order valence-electron chi connectivity index (χ4n) is 2.82. The summed E-state index contributed by atoms with van der Waals surface area (Å²) in [6.07, 6.45) is -0.381. The zero-order chi connectivity index (χ0) is 21.1. The van der Waals surface area contributed by atoms with Crippen LogP contribution in [0.15, 0.2) is 18.2 Å². The van der Waals surface area contributed by atoms with Crippen LogP contribution in [0.4, 0.5) is 4.79 Å². The summed E-state index contributed by atoms with van der Waals surface area (Å²) in [4.78, 5) is 25.7. The molecule has 7 nitrogen and oxygen atoms in total. The second kappa shape index (κ2) is 8.53. The Balaban J connectivity index is 2.38. The lowest BCUT2D eigenvalue weighted by Gasteiger charge is -2.32. The van der Waals surface area contributed by atoms with Crippen molar-refractivity contribution in [3.63, 3.8) is 0 Å². The molecule has 1 aromatic carbocycles. The van der Waals surface area contributed by atoms with Gasteiger partial charge in [-0.25, -0.2) is 4.79 Å². The van der Waals surface area contributed by atoms with Crippen molar-refractivity contribution in [3.05, 3.63) is 23.8 Å². The summed E-state index contributed by atoms with van der Waals surface area (Å²) < 4.78 is 22.6. The maximum atomic E-state index is 12.5. The van der Waals surface area contributed by atoms with Crippen LogP contribution in [-0.2, 0) is 25.3 Å². The van der Waals surface area contributed by atoms with Gasteiger partial charge in [0.15, 0.2) is 0 Å². The quantitative estimate of drug-likeness (QED) is 0.548. The highest BCUT2D eigenvalue weighted by atomic mass is 16.7. The number of rotatable bonds is 6. The van der Waals surface area contributed by atoms with Gasteiger partial charge in [-0.2, -0.15) is 0 Å². The Morgan fingerprint density at radius 1 is 1.07 bits per heavy atom. The van der Waals surface area contributed by atoms with Crippen LogP contribution < -0.4 is 10.2 Å². The third-order valence-electron chi connectivity index (χ3n) is 5.38. The molecule has 1 heterocycles. The van der Waals surface area contributed by atoms with Gasteiger partial charge in [0, 0.05) is 18.6 Å². The highest BCUT2D eigenvalue weighted by molar-refractivity contribution is 6.63. The second-order valence-electron chi connectivity index (χ2n) is 7.75. The molecule has 0 spiro atoms. The number of benzene rings is 1. The largest absolute Gasteiger partial charge is 0.498 e. The molecule has 0 aliphatic carbocycles. The SMILES string of the molecule is CCN(CC)C(=O)Oc1cc(CC(=O)OC)ccc1B1OC(C)(C)C(C)(C)O1. The van der Waals surface area contributed by atoms with E-state index in [-0.39, 0.29) is 12.4 Å². The maximum absolute atomic E-state index is 12.5. The fraction of sp³-hybridized carbons (Fsp3) is 0.600. The van der Waals surface area contributed by atoms with E-state index in [1.54, 1.807) is 23.1 Å². The Bertz CT molecular complexity index is 713. The first-order chi connectivity index (χ1) is 13.0. The third kappa shape index (κ3) is 4.67. The number of carbonyl (C=O) groups is 2. The van der Waals surface area contributed by atoms with Gasteiger partial charge in [0.25, 0.3) is 0 Å². The average molecular weight is 391 g/mol. The van der Waals surface area contributed by atoms with Gasteiger partial charge >= 0.3 is 19.2 Å². The minimum absolute atomic E-state index is 0.0793. The van der Waals surface area contributed by atoms with Crippen LogP contribution in [0.5, 0.6) is 5.75 Å². The molecule has 0 atom stereocenters. The second-order valence-corrected chi connectivity index (χ2v) is 7.75. The molecule has 1 aliphatic rings. The Morgan fingerprint density at radius 2 is 1.64 bits per heavy atom. The molecule has 0 bridgehead atoms. The lowest BCUT2D eigenvalue weighted by atomic mass is 9.78. The number of hydrogen-bond donors (Lipinski definition) is 0. The Kier molecular flexibility index (Phi) is 6.78. The molecule has 1 fully saturated rings. The first-order valence-electron chi connectivity index (χ1n) is 9.56. The first-order valence-corrected chi connectivity index (χ1v) is 9.56. The van der Waals surface area contributed by atoms with Crippen molar-refractivity contribution in [3.8, 4) is 5.75 Å². The van der Waals surface area contributed by atoms with Crippen LogP contribution in [-0.4, -0.2) is 55.5 Å². The molecule has 1 aromatic rings. The van der Waals surface area contributed by atoms with Crippen LogP contribution in [0.2, 0.25) is 0 Å². The van der Waals surface area contributed by atoms with Crippen molar-refractivity contribution in [2.24, 2.45) is 0 Å². The van der Waals surface area contributed by atoms with Crippen LogP contribution in [0.1, 0.15) is 47.1 Å². The highest BCUT2D eigenvalue weighted by Gasteiger charge is 2.52. The van der Waals surface area contributed by atoms with Gasteiger partial charge in [-0.1, -0.05) is 12.1 Å². The molecule has 1 amide bonds. The number of hydrogen-bond acceptors (Lipinski definition) is 6. The molecule has 0 N–H and O–H groups in total. The summed E-state index contributed by atoms with van der Waals surface area (Å²) in [6, 6.07) is 5.22. The smallest absolute Gasteiger partial charge is 0.469 e. The lowest BCUT2D eigenvalue weighted by Crippen LogP contribution is -2.41. The summed E-state index contributed by atoms with van der Waals surface area (Å²) in [5.74, 6) is -0.0544. The summed E-state index contributed by atoms with van der Waals surface area (Å²) in [5.41, 5.74) is 0.229. The Labute approximate surface area is 167 Å². The van der Waals surface area contributed by atoms with Crippen LogP contribution in [0, 0.1) is 0 Å². The highest BCUT2D eigenvalue weighted by Crippen LogP contribution is 2.37. The Morgan fingerprint density at radius 3 is 2.14 bits per heavy atom. The van der Waals surface area contributed by atoms with E-state index in [2.05, 4.69) is 0 Å². The third-order valence-corrected chi connectivity index (χ3v) is 5.38. The van der Waals surface area contributed by atoms with E-state index in [0.717, 1.165) is 0 Å². The van der Waals surface area contributed by atoms with Crippen molar-refractivity contribution < 1.29 is 28.4 Å². The van der Waals surface area contributed by atoms with Gasteiger partial charge in [0.05, 0.1) is 24.7 Å². The van der Waals surface area contributed by atoms with Crippen LogP contribution in [0.25, 0.3) is 0 Å². The topological polar surface area (TPSA) is 74.3 Å². The van der Waals surface area contributed by atoms with E-state index in [1.807, 2.05) is 41.5 Å². The van der Waals surface area contributed by atoms with E-state index in [1.165, 1.54) is 7.11 Å². The molecule has 0 aromatic heterocycles. The fourth-order valence-corrected chi connectivity index (χ4v) is 2.82. The molecule has 8 heteroatoms. The molecule has 2 rings (SSSR count). The molecular weight excluding hydrogens is 361 g/mol. The Hall–Kier alpha value is -2.06. The molecule has 1 aliphatic heterocycles. The number of esters is 1. The van der Waals surface area contributed by atoms with E-state index >= 15 is 0 Å². The molecule has 0 saturated carbocycles. The number of nitrogens with zero attached hydrogens (tertiary/aromatic N) is 1. The van der Waals surface area contributed by atoms with E-state index in [4.69, 9.17) is 18.8 Å². The molecule has 154 valence electrons. The average Bonchev–Trinajstić information content (AvgIpc) is 2.83. The first kappa shape index (κ1) is 22.2. The van der Waals surface area contributed by atoms with E-state index in [0.29, 0.717) is 29.9 Å². The van der Waals surface area contributed by atoms with Crippen LogP contribution >= 0.6 is 0 Å². The van der Waals surface area contributed by atoms with E-state index in [9.17, 15) is 9.59 Å². The number of ether oxygens (including phenoxy) is 2. The standard InChI is InChI=1S/C20H30BNO6/c1-8-22(9-2)18(24)26-16-12-14(13-17(23)25-7)10-11-15(16)21-27-19(3,4)20(5,6)28-21/h10-12H,8-9,13H2,1-7H3. The molecule has 0 radical (unpaired) electrons. The van der Waals surface area contributed by atoms with Crippen molar-refractivity contribution >= 4 is 24.6 Å². The van der Waals surface area contributed by atoms with E-state index < -0.39 is 24.4 Å². The van der Waals surface area contributed by atoms with Gasteiger partial charge in [-0.05, 0) is 53.2 Å². The minimum atomic E-state index is -0.684. The number of amides is 1. The lowest BCUT2D eigenvalue weighted by molar-refractivity contribution is -0.139. The number of carbonyl (C=O) groups excluding carboxylic acids is 2. The molecule has 28 heavy (non-hydrogen) atoms. The van der Waals surface area contributed by atoms with Crippen molar-refractivity contribution in [1.29, 1.82) is 0 Å². The van der Waals surface area contributed by atoms with Crippen LogP contribution in [0.3, 0.4) is 0 Å². The monoisotopic (exact) mass is 391 g/mol. The van der Waals surface area contributed by atoms with Gasteiger partial charge in [0.2, 0.25) is 0 Å². The van der Waals surface area contributed by atoms with Gasteiger partial charge in [-0.15, -0.1) is 0 Å². The summed E-state index contributed by atoms with van der Waals surface area (Å²) in [7, 11) is 0.652. The van der Waals surface area contributed by atoms with Crippen molar-refractivity contribution in [1.82, 2.24) is 4.90 Å². The molecular formula is C20H30BNO6. The predicted octanol–water partition coefficient (Wildman–Crippen LogP) is 2.54.